The minimum Gasteiger partial charge on any atom is -0.481 e. The molecule has 1 aliphatic heterocycles. The highest BCUT2D eigenvalue weighted by Crippen LogP contribution is 2.27. The molecule has 1 aliphatic rings. The lowest BCUT2D eigenvalue weighted by Gasteiger charge is -2.33. The molecule has 0 aliphatic carbocycles. The summed E-state index contributed by atoms with van der Waals surface area (Å²) in [6.07, 6.45) is 2.79. The van der Waals surface area contributed by atoms with Crippen molar-refractivity contribution in [3.63, 3.8) is 0 Å². The summed E-state index contributed by atoms with van der Waals surface area (Å²) >= 11 is 0. The lowest BCUT2D eigenvalue weighted by Crippen LogP contribution is -2.45. The maximum absolute atomic E-state index is 12.8. The van der Waals surface area contributed by atoms with Gasteiger partial charge >= 0.3 is 0 Å². The van der Waals surface area contributed by atoms with Crippen molar-refractivity contribution in [2.75, 3.05) is 13.1 Å². The van der Waals surface area contributed by atoms with Gasteiger partial charge in [-0.1, -0.05) is 62.4 Å². The fourth-order valence-corrected chi connectivity index (χ4v) is 3.87. The van der Waals surface area contributed by atoms with E-state index in [1.54, 1.807) is 0 Å². The van der Waals surface area contributed by atoms with E-state index in [9.17, 15) is 4.79 Å². The molecule has 1 saturated heterocycles. The molecule has 1 heterocycles. The molecule has 2 aromatic rings. The number of para-hydroxylation sites is 1. The molecule has 1 unspecified atom stereocenters. The van der Waals surface area contributed by atoms with Gasteiger partial charge < -0.3 is 9.64 Å². The first-order valence-electron chi connectivity index (χ1n) is 10.1. The second-order valence-electron chi connectivity index (χ2n) is 7.91. The van der Waals surface area contributed by atoms with E-state index in [-0.39, 0.29) is 5.91 Å². The molecule has 1 amide bonds. The normalized spacial score (nSPS) is 16.4. The van der Waals surface area contributed by atoms with Crippen LogP contribution in [0.4, 0.5) is 0 Å². The smallest absolute Gasteiger partial charge is 0.263 e. The van der Waals surface area contributed by atoms with Crippen LogP contribution >= 0.6 is 0 Å². The predicted molar refractivity (Wildman–Crippen MR) is 110 cm³/mol. The van der Waals surface area contributed by atoms with Crippen LogP contribution in [0, 0.1) is 5.92 Å². The van der Waals surface area contributed by atoms with Gasteiger partial charge in [0.2, 0.25) is 0 Å². The maximum Gasteiger partial charge on any atom is 0.263 e. The van der Waals surface area contributed by atoms with Crippen LogP contribution in [0.15, 0.2) is 54.6 Å². The van der Waals surface area contributed by atoms with E-state index in [2.05, 4.69) is 50.2 Å². The molecule has 0 aromatic heterocycles. The molecule has 3 rings (SSSR count). The summed E-state index contributed by atoms with van der Waals surface area (Å²) in [5.41, 5.74) is 2.54. The molecular weight excluding hydrogens is 334 g/mol. The standard InChI is InChI=1S/C24H31NO2/c1-18(2)22-11-7-8-12-23(22)27-19(3)24(26)25-15-13-21(14-16-25)17-20-9-5-4-6-10-20/h4-12,18-19,21H,13-17H2,1-3H3. The number of carbonyl (C=O) groups is 1. The molecule has 2 aromatic carbocycles. The van der Waals surface area contributed by atoms with E-state index in [4.69, 9.17) is 4.74 Å². The minimum absolute atomic E-state index is 0.103. The minimum atomic E-state index is -0.449. The van der Waals surface area contributed by atoms with Crippen LogP contribution in [0.1, 0.15) is 50.7 Å². The Kier molecular flexibility index (Phi) is 6.54. The molecule has 0 saturated carbocycles. The van der Waals surface area contributed by atoms with Crippen molar-refractivity contribution < 1.29 is 9.53 Å². The molecule has 0 spiro atoms. The Labute approximate surface area is 163 Å². The van der Waals surface area contributed by atoms with E-state index in [1.807, 2.05) is 30.0 Å². The van der Waals surface area contributed by atoms with Crippen molar-refractivity contribution in [1.82, 2.24) is 4.90 Å². The fraction of sp³-hybridized carbons (Fsp3) is 0.458. The molecule has 1 fully saturated rings. The first-order chi connectivity index (χ1) is 13.0. The van der Waals surface area contributed by atoms with Gasteiger partial charge in [0.15, 0.2) is 6.10 Å². The Morgan fingerprint density at radius 3 is 2.30 bits per heavy atom. The van der Waals surface area contributed by atoms with Crippen LogP contribution in [0.25, 0.3) is 0 Å². The molecule has 144 valence electrons. The van der Waals surface area contributed by atoms with Crippen molar-refractivity contribution in [2.24, 2.45) is 5.92 Å². The maximum atomic E-state index is 12.8. The summed E-state index contributed by atoms with van der Waals surface area (Å²) in [6.45, 7) is 7.82. The summed E-state index contributed by atoms with van der Waals surface area (Å²) in [5.74, 6) is 1.96. The summed E-state index contributed by atoms with van der Waals surface area (Å²) in [6, 6.07) is 18.7. The Hall–Kier alpha value is -2.29. The third-order valence-electron chi connectivity index (χ3n) is 5.49. The predicted octanol–water partition coefficient (Wildman–Crippen LogP) is 5.06. The Bertz CT molecular complexity index is 733. The highest BCUT2D eigenvalue weighted by molar-refractivity contribution is 5.81. The quantitative estimate of drug-likeness (QED) is 0.716. The highest BCUT2D eigenvalue weighted by atomic mass is 16.5. The topological polar surface area (TPSA) is 29.5 Å². The van der Waals surface area contributed by atoms with Gasteiger partial charge in [0.25, 0.3) is 5.91 Å². The molecule has 0 radical (unpaired) electrons. The Morgan fingerprint density at radius 2 is 1.63 bits per heavy atom. The van der Waals surface area contributed by atoms with Gasteiger partial charge in [-0.3, -0.25) is 4.79 Å². The number of benzene rings is 2. The highest BCUT2D eigenvalue weighted by Gasteiger charge is 2.27. The number of likely N-dealkylation sites (tertiary alicyclic amines) is 1. The molecule has 3 nitrogen and oxygen atoms in total. The molecular formula is C24H31NO2. The number of hydrogen-bond donors (Lipinski definition) is 0. The van der Waals surface area contributed by atoms with E-state index < -0.39 is 6.10 Å². The van der Waals surface area contributed by atoms with Crippen molar-refractivity contribution in [2.45, 2.75) is 52.1 Å². The number of nitrogens with zero attached hydrogens (tertiary/aromatic N) is 1. The number of carbonyl (C=O) groups excluding carboxylic acids is 1. The van der Waals surface area contributed by atoms with Crippen LogP contribution in [0.2, 0.25) is 0 Å². The Morgan fingerprint density at radius 1 is 1.00 bits per heavy atom. The number of piperidine rings is 1. The third-order valence-corrected chi connectivity index (χ3v) is 5.49. The second kappa shape index (κ2) is 9.07. The number of ether oxygens (including phenoxy) is 1. The van der Waals surface area contributed by atoms with Gasteiger partial charge in [-0.25, -0.2) is 0 Å². The zero-order chi connectivity index (χ0) is 19.2. The van der Waals surface area contributed by atoms with Crippen LogP contribution in [0.3, 0.4) is 0 Å². The largest absolute Gasteiger partial charge is 0.481 e. The van der Waals surface area contributed by atoms with Gasteiger partial charge in [-0.05, 0) is 55.2 Å². The number of rotatable bonds is 6. The lowest BCUT2D eigenvalue weighted by atomic mass is 9.90. The van der Waals surface area contributed by atoms with Crippen LogP contribution in [-0.4, -0.2) is 30.0 Å². The van der Waals surface area contributed by atoms with Gasteiger partial charge in [0.1, 0.15) is 5.75 Å². The average molecular weight is 366 g/mol. The lowest BCUT2D eigenvalue weighted by molar-refractivity contribution is -0.139. The van der Waals surface area contributed by atoms with Crippen molar-refractivity contribution in [3.8, 4) is 5.75 Å². The summed E-state index contributed by atoms with van der Waals surface area (Å²) in [4.78, 5) is 14.8. The van der Waals surface area contributed by atoms with Gasteiger partial charge in [0, 0.05) is 13.1 Å². The molecule has 0 bridgehead atoms. The number of hydrogen-bond acceptors (Lipinski definition) is 2. The average Bonchev–Trinajstić information content (AvgIpc) is 2.69. The summed E-state index contributed by atoms with van der Waals surface area (Å²) in [7, 11) is 0. The van der Waals surface area contributed by atoms with Gasteiger partial charge in [-0.2, -0.15) is 0 Å². The van der Waals surface area contributed by atoms with Gasteiger partial charge in [0.05, 0.1) is 0 Å². The van der Waals surface area contributed by atoms with E-state index >= 15 is 0 Å². The number of amides is 1. The molecule has 1 atom stereocenters. The summed E-state index contributed by atoms with van der Waals surface area (Å²) < 4.78 is 6.05. The summed E-state index contributed by atoms with van der Waals surface area (Å²) in [5, 5.41) is 0. The van der Waals surface area contributed by atoms with Crippen molar-refractivity contribution >= 4 is 5.91 Å². The van der Waals surface area contributed by atoms with Crippen molar-refractivity contribution in [3.05, 3.63) is 65.7 Å². The van der Waals surface area contributed by atoms with E-state index in [1.165, 1.54) is 5.56 Å². The van der Waals surface area contributed by atoms with Crippen LogP contribution in [0.5, 0.6) is 5.75 Å². The van der Waals surface area contributed by atoms with E-state index in [0.29, 0.717) is 11.8 Å². The van der Waals surface area contributed by atoms with Crippen molar-refractivity contribution in [1.29, 1.82) is 0 Å². The Balaban J connectivity index is 1.53. The third kappa shape index (κ3) is 5.12. The van der Waals surface area contributed by atoms with Crippen LogP contribution < -0.4 is 4.74 Å². The van der Waals surface area contributed by atoms with Crippen LogP contribution in [-0.2, 0) is 11.2 Å². The fourth-order valence-electron chi connectivity index (χ4n) is 3.87. The first-order valence-corrected chi connectivity index (χ1v) is 10.1. The zero-order valence-electron chi connectivity index (χ0n) is 16.7. The monoisotopic (exact) mass is 365 g/mol. The zero-order valence-corrected chi connectivity index (χ0v) is 16.7. The second-order valence-corrected chi connectivity index (χ2v) is 7.91. The SMILES string of the molecule is CC(Oc1ccccc1C(C)C)C(=O)N1CCC(Cc2ccccc2)CC1. The molecule has 0 N–H and O–H groups in total. The molecule has 27 heavy (non-hydrogen) atoms. The first kappa shape index (κ1) is 19.5. The van der Waals surface area contributed by atoms with E-state index in [0.717, 1.165) is 43.7 Å². The molecule has 3 heteroatoms. The van der Waals surface area contributed by atoms with Gasteiger partial charge in [-0.15, -0.1) is 0 Å².